The molecule has 0 aliphatic carbocycles. The number of hydrogen-bond acceptors (Lipinski definition) is 4. The third kappa shape index (κ3) is 3.78. The lowest BCUT2D eigenvalue weighted by molar-refractivity contribution is -0.122. The van der Waals surface area contributed by atoms with E-state index in [0.29, 0.717) is 5.56 Å². The first-order chi connectivity index (χ1) is 13.2. The number of nitrogens with one attached hydrogen (secondary N) is 2. The third-order valence-corrected chi connectivity index (χ3v) is 4.51. The molecule has 144 valence electrons. The molecule has 1 aliphatic heterocycles. The van der Waals surface area contributed by atoms with Crippen LogP contribution in [0.15, 0.2) is 48.5 Å². The van der Waals surface area contributed by atoms with Gasteiger partial charge in [0.1, 0.15) is 6.54 Å². The topological polar surface area (TPSA) is 95.6 Å². The molecule has 0 saturated heterocycles. The van der Waals surface area contributed by atoms with Gasteiger partial charge in [-0.15, -0.1) is 0 Å². The maximum absolute atomic E-state index is 12.3. The molecule has 0 unspecified atom stereocenters. The molecule has 0 saturated carbocycles. The molecule has 4 amide bonds. The Balaban J connectivity index is 1.57. The fourth-order valence-electron chi connectivity index (χ4n) is 2.89. The summed E-state index contributed by atoms with van der Waals surface area (Å²) in [6, 6.07) is 13.4. The Morgan fingerprint density at radius 2 is 1.39 bits per heavy atom. The van der Waals surface area contributed by atoms with Gasteiger partial charge < -0.3 is 0 Å². The molecule has 7 heteroatoms. The minimum Gasteiger partial charge on any atom is -0.271 e. The molecule has 0 spiro atoms. The number of carbonyl (C=O) groups is 4. The smallest absolute Gasteiger partial charge is 0.269 e. The van der Waals surface area contributed by atoms with Gasteiger partial charge in [0.15, 0.2) is 0 Å². The summed E-state index contributed by atoms with van der Waals surface area (Å²) in [5, 5.41) is 0. The summed E-state index contributed by atoms with van der Waals surface area (Å²) in [5.41, 5.74) is 6.50. The van der Waals surface area contributed by atoms with Crippen LogP contribution in [0.25, 0.3) is 0 Å². The Hall–Kier alpha value is -3.48. The van der Waals surface area contributed by atoms with Gasteiger partial charge in [0.25, 0.3) is 23.6 Å². The molecule has 0 radical (unpaired) electrons. The Morgan fingerprint density at radius 3 is 1.89 bits per heavy atom. The van der Waals surface area contributed by atoms with Crippen molar-refractivity contribution in [1.82, 2.24) is 15.8 Å². The number of rotatable bonds is 3. The first kappa shape index (κ1) is 19.3. The number of benzene rings is 2. The summed E-state index contributed by atoms with van der Waals surface area (Å²) in [5.74, 6) is -2.22. The van der Waals surface area contributed by atoms with E-state index in [2.05, 4.69) is 31.6 Å². The largest absolute Gasteiger partial charge is 0.271 e. The Kier molecular flexibility index (Phi) is 5.00. The van der Waals surface area contributed by atoms with E-state index >= 15 is 0 Å². The molecule has 0 aromatic heterocycles. The monoisotopic (exact) mass is 379 g/mol. The molecule has 1 aliphatic rings. The van der Waals surface area contributed by atoms with E-state index in [1.165, 1.54) is 12.1 Å². The predicted molar refractivity (Wildman–Crippen MR) is 103 cm³/mol. The molecule has 2 aromatic rings. The molecule has 3 rings (SSSR count). The van der Waals surface area contributed by atoms with E-state index in [1.54, 1.807) is 24.3 Å². The van der Waals surface area contributed by atoms with Crippen LogP contribution in [0, 0.1) is 0 Å². The first-order valence-corrected chi connectivity index (χ1v) is 8.83. The lowest BCUT2D eigenvalue weighted by Crippen LogP contribution is -2.47. The minimum atomic E-state index is -0.672. The lowest BCUT2D eigenvalue weighted by atomic mass is 9.87. The number of hydrogen-bond donors (Lipinski definition) is 2. The zero-order valence-electron chi connectivity index (χ0n) is 15.9. The van der Waals surface area contributed by atoms with Crippen LogP contribution < -0.4 is 10.9 Å². The van der Waals surface area contributed by atoms with Crippen molar-refractivity contribution in [3.8, 4) is 0 Å². The minimum absolute atomic E-state index is 0.0321. The third-order valence-electron chi connectivity index (χ3n) is 4.51. The standard InChI is InChI=1S/C21H21N3O4/c1-21(2,3)14-10-8-13(9-11-14)18(26)23-22-17(25)12-24-19(27)15-6-4-5-7-16(15)20(24)28/h4-11H,12H2,1-3H3,(H,22,25)(H,23,26). The van der Waals surface area contributed by atoms with Gasteiger partial charge >= 0.3 is 0 Å². The Labute approximate surface area is 162 Å². The molecule has 0 fully saturated rings. The van der Waals surface area contributed by atoms with E-state index in [4.69, 9.17) is 0 Å². The van der Waals surface area contributed by atoms with Gasteiger partial charge in [0.2, 0.25) is 0 Å². The summed E-state index contributed by atoms with van der Waals surface area (Å²) in [6.45, 7) is 5.74. The molecular weight excluding hydrogens is 358 g/mol. The molecule has 0 bridgehead atoms. The second kappa shape index (κ2) is 7.26. The highest BCUT2D eigenvalue weighted by Gasteiger charge is 2.36. The Morgan fingerprint density at radius 1 is 0.857 bits per heavy atom. The number of hydrazine groups is 1. The van der Waals surface area contributed by atoms with Crippen LogP contribution in [0.5, 0.6) is 0 Å². The van der Waals surface area contributed by atoms with Gasteiger partial charge in [-0.2, -0.15) is 0 Å². The van der Waals surface area contributed by atoms with Crippen LogP contribution in [0.1, 0.15) is 57.4 Å². The van der Waals surface area contributed by atoms with Crippen LogP contribution in [0.3, 0.4) is 0 Å². The molecule has 28 heavy (non-hydrogen) atoms. The van der Waals surface area contributed by atoms with Gasteiger partial charge in [-0.1, -0.05) is 45.0 Å². The summed E-state index contributed by atoms with van der Waals surface area (Å²) in [7, 11) is 0. The summed E-state index contributed by atoms with van der Waals surface area (Å²) >= 11 is 0. The average Bonchev–Trinajstić information content (AvgIpc) is 2.91. The van der Waals surface area contributed by atoms with Crippen LogP contribution >= 0.6 is 0 Å². The molecule has 1 heterocycles. The average molecular weight is 379 g/mol. The maximum Gasteiger partial charge on any atom is 0.269 e. The highest BCUT2D eigenvalue weighted by atomic mass is 16.2. The second-order valence-corrected chi connectivity index (χ2v) is 7.57. The Bertz CT molecular complexity index is 923. The second-order valence-electron chi connectivity index (χ2n) is 7.57. The van der Waals surface area contributed by atoms with Gasteiger partial charge in [-0.05, 0) is 35.2 Å². The molecule has 2 aromatic carbocycles. The highest BCUT2D eigenvalue weighted by molar-refractivity contribution is 6.22. The van der Waals surface area contributed by atoms with E-state index in [-0.39, 0.29) is 16.5 Å². The lowest BCUT2D eigenvalue weighted by Gasteiger charge is -2.19. The van der Waals surface area contributed by atoms with E-state index < -0.39 is 30.2 Å². The van der Waals surface area contributed by atoms with Crippen molar-refractivity contribution in [2.24, 2.45) is 0 Å². The summed E-state index contributed by atoms with van der Waals surface area (Å²) < 4.78 is 0. The van der Waals surface area contributed by atoms with Gasteiger partial charge in [-0.3, -0.25) is 34.9 Å². The molecule has 2 N–H and O–H groups in total. The van der Waals surface area contributed by atoms with Crippen LogP contribution in [-0.4, -0.2) is 35.1 Å². The van der Waals surface area contributed by atoms with Crippen molar-refractivity contribution in [3.63, 3.8) is 0 Å². The normalized spacial score (nSPS) is 13.3. The van der Waals surface area contributed by atoms with Crippen LogP contribution in [0.4, 0.5) is 0 Å². The van der Waals surface area contributed by atoms with E-state index in [1.807, 2.05) is 12.1 Å². The van der Waals surface area contributed by atoms with Crippen molar-refractivity contribution < 1.29 is 19.2 Å². The number of fused-ring (bicyclic) bond motifs is 1. The maximum atomic E-state index is 12.3. The molecule has 7 nitrogen and oxygen atoms in total. The molecular formula is C21H21N3O4. The van der Waals surface area contributed by atoms with Gasteiger partial charge in [0, 0.05) is 5.56 Å². The fraction of sp³-hybridized carbons (Fsp3) is 0.238. The highest BCUT2D eigenvalue weighted by Crippen LogP contribution is 2.23. The fourth-order valence-corrected chi connectivity index (χ4v) is 2.89. The number of amides is 4. The van der Waals surface area contributed by atoms with Crippen LogP contribution in [0.2, 0.25) is 0 Å². The number of imide groups is 1. The van der Waals surface area contributed by atoms with E-state index in [9.17, 15) is 19.2 Å². The zero-order chi connectivity index (χ0) is 20.5. The number of carbonyl (C=O) groups excluding carboxylic acids is 4. The van der Waals surface area contributed by atoms with Crippen molar-refractivity contribution in [1.29, 1.82) is 0 Å². The summed E-state index contributed by atoms with van der Waals surface area (Å²) in [6.07, 6.45) is 0. The number of nitrogens with zero attached hydrogens (tertiary/aromatic N) is 1. The van der Waals surface area contributed by atoms with Gasteiger partial charge in [-0.25, -0.2) is 0 Å². The van der Waals surface area contributed by atoms with E-state index in [0.717, 1.165) is 10.5 Å². The first-order valence-electron chi connectivity index (χ1n) is 8.83. The van der Waals surface area contributed by atoms with Crippen LogP contribution in [-0.2, 0) is 10.2 Å². The van der Waals surface area contributed by atoms with Gasteiger partial charge in [0.05, 0.1) is 11.1 Å². The van der Waals surface area contributed by atoms with Crippen molar-refractivity contribution in [2.45, 2.75) is 26.2 Å². The SMILES string of the molecule is CC(C)(C)c1ccc(C(=O)NNC(=O)CN2C(=O)c3ccccc3C2=O)cc1. The summed E-state index contributed by atoms with van der Waals surface area (Å²) in [4.78, 5) is 49.6. The quantitative estimate of drug-likeness (QED) is 0.630. The van der Waals surface area contributed by atoms with Crippen molar-refractivity contribution in [3.05, 3.63) is 70.8 Å². The molecule has 0 atom stereocenters. The zero-order valence-corrected chi connectivity index (χ0v) is 15.9. The van der Waals surface area contributed by atoms with Crippen molar-refractivity contribution in [2.75, 3.05) is 6.54 Å². The predicted octanol–water partition coefficient (Wildman–Crippen LogP) is 2.04. The van der Waals surface area contributed by atoms with Crippen molar-refractivity contribution >= 4 is 23.6 Å².